The monoisotopic (exact) mass is 281 g/mol. The molecule has 0 aromatic carbocycles. The van der Waals surface area contributed by atoms with E-state index in [1.165, 1.54) is 0 Å². The van der Waals surface area contributed by atoms with E-state index in [4.69, 9.17) is 4.74 Å². The molecule has 1 rings (SSSR count). The predicted molar refractivity (Wildman–Crippen MR) is 72.9 cm³/mol. The fourth-order valence-electron chi connectivity index (χ4n) is 1.76. The van der Waals surface area contributed by atoms with Crippen LogP contribution in [0, 0.1) is 5.92 Å². The van der Waals surface area contributed by atoms with E-state index in [1.54, 1.807) is 0 Å². The van der Waals surface area contributed by atoms with Gasteiger partial charge in [0.2, 0.25) is 10.0 Å². The molecule has 1 aliphatic rings. The number of hydrogen-bond acceptors (Lipinski definition) is 4. The quantitative estimate of drug-likeness (QED) is 0.718. The van der Waals surface area contributed by atoms with Crippen molar-refractivity contribution in [3.8, 4) is 0 Å². The maximum Gasteiger partial charge on any atom is 0.211 e. The highest BCUT2D eigenvalue weighted by Crippen LogP contribution is 2.21. The van der Waals surface area contributed by atoms with Crippen LogP contribution in [-0.4, -0.2) is 44.9 Å². The van der Waals surface area contributed by atoms with Gasteiger partial charge in [-0.1, -0.05) is 13.8 Å². The Bertz CT molecular complexity index is 298. The Morgan fingerprint density at radius 3 is 2.59 bits per heavy atom. The van der Waals surface area contributed by atoms with Gasteiger partial charge >= 0.3 is 0 Å². The van der Waals surface area contributed by atoms with Gasteiger partial charge < -0.3 is 4.74 Å². The van der Waals surface area contributed by atoms with Crippen LogP contribution in [0.25, 0.3) is 0 Å². The third kappa shape index (κ3) is 7.28. The minimum absolute atomic E-state index is 0.177. The lowest BCUT2D eigenvalue weighted by Gasteiger charge is -2.21. The van der Waals surface area contributed by atoms with Crippen molar-refractivity contribution in [2.75, 3.05) is 31.3 Å². The number of hydrogen-bond donors (Lipinski definition) is 1. The highest BCUT2D eigenvalue weighted by Gasteiger charge is 2.15. The lowest BCUT2D eigenvalue weighted by molar-refractivity contribution is 0.100. The van der Waals surface area contributed by atoms with Gasteiger partial charge in [-0.25, -0.2) is 13.1 Å². The van der Waals surface area contributed by atoms with Gasteiger partial charge in [-0.15, -0.1) is 0 Å². The molecule has 0 amide bonds. The van der Waals surface area contributed by atoms with Crippen molar-refractivity contribution in [2.45, 2.75) is 31.9 Å². The topological polar surface area (TPSA) is 55.4 Å². The van der Waals surface area contributed by atoms with Crippen LogP contribution in [0.15, 0.2) is 0 Å². The Kier molecular flexibility index (Phi) is 6.84. The fourth-order valence-corrected chi connectivity index (χ4v) is 4.38. The molecule has 0 aromatic heterocycles. The van der Waals surface area contributed by atoms with Crippen molar-refractivity contribution in [3.63, 3.8) is 0 Å². The predicted octanol–water partition coefficient (Wildman–Crippen LogP) is 1.47. The van der Waals surface area contributed by atoms with E-state index in [0.29, 0.717) is 11.8 Å². The normalized spacial score (nSPS) is 18.8. The van der Waals surface area contributed by atoms with Crippen LogP contribution in [-0.2, 0) is 14.8 Å². The van der Waals surface area contributed by atoms with Crippen LogP contribution in [0.2, 0.25) is 0 Å². The number of rotatable bonds is 7. The smallest absolute Gasteiger partial charge is 0.211 e. The molecule has 0 aliphatic carbocycles. The van der Waals surface area contributed by atoms with Gasteiger partial charge in [0.25, 0.3) is 0 Å². The maximum absolute atomic E-state index is 11.6. The first-order chi connectivity index (χ1) is 7.99. The van der Waals surface area contributed by atoms with Crippen LogP contribution >= 0.6 is 11.8 Å². The molecule has 1 N–H and O–H groups in total. The third-order valence-electron chi connectivity index (χ3n) is 2.50. The first-order valence-corrected chi connectivity index (χ1v) is 8.86. The summed E-state index contributed by atoms with van der Waals surface area (Å²) >= 11 is 1.85. The molecule has 6 heteroatoms. The summed E-state index contributed by atoms with van der Waals surface area (Å²) in [5, 5.41) is 0.637. The molecule has 1 fully saturated rings. The molecule has 4 nitrogen and oxygen atoms in total. The first kappa shape index (κ1) is 15.3. The third-order valence-corrected chi connectivity index (χ3v) is 5.63. The van der Waals surface area contributed by atoms with Gasteiger partial charge in [-0.3, -0.25) is 0 Å². The molecule has 17 heavy (non-hydrogen) atoms. The van der Waals surface area contributed by atoms with Gasteiger partial charge in [-0.2, -0.15) is 11.8 Å². The Labute approximate surface area is 109 Å². The van der Waals surface area contributed by atoms with Gasteiger partial charge in [0.05, 0.1) is 5.75 Å². The van der Waals surface area contributed by atoms with E-state index >= 15 is 0 Å². The van der Waals surface area contributed by atoms with Gasteiger partial charge in [0.15, 0.2) is 0 Å². The summed E-state index contributed by atoms with van der Waals surface area (Å²) in [5.41, 5.74) is 0. The zero-order valence-electron chi connectivity index (χ0n) is 10.6. The Balaban J connectivity index is 2.10. The summed E-state index contributed by atoms with van der Waals surface area (Å²) in [5.74, 6) is 1.24. The molecule has 102 valence electrons. The van der Waals surface area contributed by atoms with Crippen molar-refractivity contribution in [1.82, 2.24) is 4.72 Å². The van der Waals surface area contributed by atoms with E-state index in [0.717, 1.165) is 31.8 Å². The molecular weight excluding hydrogens is 258 g/mol. The van der Waals surface area contributed by atoms with Crippen molar-refractivity contribution >= 4 is 21.8 Å². The summed E-state index contributed by atoms with van der Waals surface area (Å²) < 4.78 is 31.0. The number of ether oxygens (including phenoxy) is 1. The summed E-state index contributed by atoms with van der Waals surface area (Å²) in [4.78, 5) is 0. The zero-order chi connectivity index (χ0) is 12.7. The van der Waals surface area contributed by atoms with Crippen LogP contribution in [0.5, 0.6) is 0 Å². The fraction of sp³-hybridized carbons (Fsp3) is 1.00. The second kappa shape index (κ2) is 7.61. The summed E-state index contributed by atoms with van der Waals surface area (Å²) in [6.07, 6.45) is 2.17. The standard InChI is InChI=1S/C11H23NO3S2/c1-10(2)9-17(13,14)12-5-8-16-11-3-6-15-7-4-11/h10-12H,3-9H2,1-2H3. The first-order valence-electron chi connectivity index (χ1n) is 6.16. The average molecular weight is 281 g/mol. The van der Waals surface area contributed by atoms with Crippen molar-refractivity contribution in [1.29, 1.82) is 0 Å². The van der Waals surface area contributed by atoms with Crippen molar-refractivity contribution in [2.24, 2.45) is 5.92 Å². The minimum Gasteiger partial charge on any atom is -0.381 e. The molecule has 0 bridgehead atoms. The molecular formula is C11H23NO3S2. The highest BCUT2D eigenvalue weighted by molar-refractivity contribution is 8.00. The minimum atomic E-state index is -3.07. The molecule has 0 spiro atoms. The second-order valence-electron chi connectivity index (χ2n) is 4.75. The Hall–Kier alpha value is 0.220. The molecule has 1 aliphatic heterocycles. The van der Waals surface area contributed by atoms with E-state index < -0.39 is 10.0 Å². The highest BCUT2D eigenvalue weighted by atomic mass is 32.2. The molecule has 1 saturated heterocycles. The Morgan fingerprint density at radius 2 is 2.00 bits per heavy atom. The second-order valence-corrected chi connectivity index (χ2v) is 8.01. The molecule has 0 atom stereocenters. The van der Waals surface area contributed by atoms with E-state index in [1.807, 2.05) is 25.6 Å². The number of nitrogens with one attached hydrogen (secondary N) is 1. The molecule has 0 unspecified atom stereocenters. The molecule has 0 radical (unpaired) electrons. The van der Waals surface area contributed by atoms with Crippen LogP contribution in [0.1, 0.15) is 26.7 Å². The zero-order valence-corrected chi connectivity index (χ0v) is 12.3. The Morgan fingerprint density at radius 1 is 1.35 bits per heavy atom. The average Bonchev–Trinajstić information content (AvgIpc) is 2.24. The van der Waals surface area contributed by atoms with Gasteiger partial charge in [0.1, 0.15) is 0 Å². The number of thioether (sulfide) groups is 1. The van der Waals surface area contributed by atoms with E-state index in [2.05, 4.69) is 4.72 Å². The van der Waals surface area contributed by atoms with E-state index in [-0.39, 0.29) is 11.7 Å². The van der Waals surface area contributed by atoms with Crippen molar-refractivity contribution in [3.05, 3.63) is 0 Å². The summed E-state index contributed by atoms with van der Waals surface area (Å²) in [6, 6.07) is 0. The van der Waals surface area contributed by atoms with Crippen LogP contribution in [0.4, 0.5) is 0 Å². The SMILES string of the molecule is CC(C)CS(=O)(=O)NCCSC1CCOCC1. The summed E-state index contributed by atoms with van der Waals surface area (Å²) in [7, 11) is -3.07. The lowest BCUT2D eigenvalue weighted by Crippen LogP contribution is -2.30. The molecule has 1 heterocycles. The maximum atomic E-state index is 11.6. The molecule has 0 aromatic rings. The number of sulfonamides is 1. The van der Waals surface area contributed by atoms with E-state index in [9.17, 15) is 8.42 Å². The summed E-state index contributed by atoms with van der Waals surface area (Å²) in [6.45, 7) is 6.05. The van der Waals surface area contributed by atoms with Gasteiger partial charge in [0, 0.05) is 30.8 Å². The largest absolute Gasteiger partial charge is 0.381 e. The van der Waals surface area contributed by atoms with Crippen LogP contribution < -0.4 is 4.72 Å². The van der Waals surface area contributed by atoms with Gasteiger partial charge in [-0.05, 0) is 18.8 Å². The van der Waals surface area contributed by atoms with Crippen molar-refractivity contribution < 1.29 is 13.2 Å². The lowest BCUT2D eigenvalue weighted by atomic mass is 10.2. The van der Waals surface area contributed by atoms with Crippen LogP contribution in [0.3, 0.4) is 0 Å². The molecule has 0 saturated carbocycles.